The second-order valence-corrected chi connectivity index (χ2v) is 9.27. The van der Waals surface area contributed by atoms with Gasteiger partial charge in [-0.15, -0.1) is 0 Å². The topological polar surface area (TPSA) is 75.2 Å². The molecule has 2 heterocycles. The summed E-state index contributed by atoms with van der Waals surface area (Å²) in [6.07, 6.45) is 34.0. The molecule has 0 bridgehead atoms. The van der Waals surface area contributed by atoms with Crippen LogP contribution in [0.15, 0.2) is 73.2 Å². The molecule has 37 heavy (non-hydrogen) atoms. The molecule has 200 valence electrons. The number of hydrogen-bond donors (Lipinski definition) is 1. The number of allylic oxidation sites excluding steroid dienone is 10. The highest BCUT2D eigenvalue weighted by atomic mass is 16.2. The van der Waals surface area contributed by atoms with E-state index in [9.17, 15) is 9.59 Å². The molecule has 0 atom stereocenters. The van der Waals surface area contributed by atoms with Gasteiger partial charge >= 0.3 is 0 Å². The summed E-state index contributed by atoms with van der Waals surface area (Å²) in [4.78, 5) is 35.0. The Hall–Kier alpha value is -3.28. The summed E-state index contributed by atoms with van der Waals surface area (Å²) in [6.45, 7) is 5.34. The van der Waals surface area contributed by atoms with Crippen LogP contribution in [0.1, 0.15) is 87.3 Å². The van der Waals surface area contributed by atoms with Crippen molar-refractivity contribution in [3.63, 3.8) is 0 Å². The number of hydrogen-bond acceptors (Lipinski definition) is 4. The Morgan fingerprint density at radius 2 is 1.46 bits per heavy atom. The number of amides is 2. The molecule has 1 aromatic rings. The number of aromatic nitrogens is 2. The summed E-state index contributed by atoms with van der Waals surface area (Å²) in [5, 5.41) is 3.02. The maximum Gasteiger partial charge on any atom is 0.271 e. The fourth-order valence-corrected chi connectivity index (χ4v) is 4.00. The largest absolute Gasteiger partial charge is 0.348 e. The molecule has 1 aromatic heterocycles. The summed E-state index contributed by atoms with van der Waals surface area (Å²) < 4.78 is 0. The van der Waals surface area contributed by atoms with Crippen LogP contribution in [0.3, 0.4) is 0 Å². The fourth-order valence-electron chi connectivity index (χ4n) is 4.00. The Morgan fingerprint density at radius 3 is 2.03 bits per heavy atom. The highest BCUT2D eigenvalue weighted by Gasteiger charge is 2.24. The molecule has 6 nitrogen and oxygen atoms in total. The number of carbonyl (C=O) groups excluding carboxylic acids is 2. The number of rotatable bonds is 15. The summed E-state index contributed by atoms with van der Waals surface area (Å²) in [5.41, 5.74) is 1.06. The maximum atomic E-state index is 12.5. The lowest BCUT2D eigenvalue weighted by Gasteiger charge is -2.32. The van der Waals surface area contributed by atoms with E-state index >= 15 is 0 Å². The maximum absolute atomic E-state index is 12.5. The zero-order chi connectivity index (χ0) is 26.6. The predicted octanol–water partition coefficient (Wildman–Crippen LogP) is 6.43. The zero-order valence-electron chi connectivity index (χ0n) is 22.6. The predicted molar refractivity (Wildman–Crippen MR) is 152 cm³/mol. The van der Waals surface area contributed by atoms with Crippen molar-refractivity contribution in [1.29, 1.82) is 0 Å². The third kappa shape index (κ3) is 13.6. The van der Waals surface area contributed by atoms with Gasteiger partial charge in [-0.1, -0.05) is 67.7 Å². The molecule has 6 heteroatoms. The van der Waals surface area contributed by atoms with Gasteiger partial charge in [-0.3, -0.25) is 14.6 Å². The van der Waals surface area contributed by atoms with E-state index in [1.807, 2.05) is 11.8 Å². The van der Waals surface area contributed by atoms with Crippen molar-refractivity contribution in [3.05, 3.63) is 84.5 Å². The van der Waals surface area contributed by atoms with Crippen LogP contribution in [0.25, 0.3) is 0 Å². The van der Waals surface area contributed by atoms with Gasteiger partial charge < -0.3 is 10.2 Å². The first-order chi connectivity index (χ1) is 18.1. The first-order valence-corrected chi connectivity index (χ1v) is 13.7. The Balaban J connectivity index is 1.49. The average molecular weight is 505 g/mol. The van der Waals surface area contributed by atoms with Gasteiger partial charge in [-0.05, 0) is 64.7 Å². The monoisotopic (exact) mass is 504 g/mol. The molecule has 0 radical (unpaired) electrons. The highest BCUT2D eigenvalue weighted by molar-refractivity contribution is 5.92. The molecule has 0 aliphatic carbocycles. The van der Waals surface area contributed by atoms with Gasteiger partial charge in [0.15, 0.2) is 0 Å². The molecular formula is C31H44N4O2. The van der Waals surface area contributed by atoms with Crippen molar-refractivity contribution >= 4 is 11.8 Å². The van der Waals surface area contributed by atoms with Crippen molar-refractivity contribution in [1.82, 2.24) is 20.2 Å². The molecular weight excluding hydrogens is 460 g/mol. The number of nitrogens with one attached hydrogen (secondary N) is 1. The first-order valence-electron chi connectivity index (χ1n) is 13.7. The molecule has 0 unspecified atom stereocenters. The van der Waals surface area contributed by atoms with E-state index in [1.54, 1.807) is 6.20 Å². The smallest absolute Gasteiger partial charge is 0.271 e. The Labute approximate surface area is 223 Å². The van der Waals surface area contributed by atoms with Crippen LogP contribution in [0.5, 0.6) is 0 Å². The molecule has 2 rings (SSSR count). The zero-order valence-corrected chi connectivity index (χ0v) is 22.6. The van der Waals surface area contributed by atoms with Crippen molar-refractivity contribution in [2.75, 3.05) is 13.1 Å². The van der Waals surface area contributed by atoms with Crippen LogP contribution in [-0.2, 0) is 4.79 Å². The third-order valence-electron chi connectivity index (χ3n) is 6.09. The number of likely N-dealkylation sites (tertiary alicyclic amines) is 1. The van der Waals surface area contributed by atoms with Gasteiger partial charge in [0.1, 0.15) is 5.69 Å². The van der Waals surface area contributed by atoms with Crippen LogP contribution in [0.2, 0.25) is 0 Å². The van der Waals surface area contributed by atoms with Crippen molar-refractivity contribution in [2.24, 2.45) is 0 Å². The second-order valence-electron chi connectivity index (χ2n) is 9.27. The van der Waals surface area contributed by atoms with Crippen molar-refractivity contribution in [3.8, 4) is 0 Å². The third-order valence-corrected chi connectivity index (χ3v) is 6.09. The van der Waals surface area contributed by atoms with E-state index in [4.69, 9.17) is 0 Å². The Kier molecular flexibility index (Phi) is 15.3. The van der Waals surface area contributed by atoms with Gasteiger partial charge in [0, 0.05) is 31.7 Å². The number of nitrogens with zero attached hydrogens (tertiary/aromatic N) is 3. The minimum absolute atomic E-state index is 0.0696. The molecule has 1 aliphatic rings. The fraction of sp³-hybridized carbons (Fsp3) is 0.484. The van der Waals surface area contributed by atoms with Crippen LogP contribution < -0.4 is 5.32 Å². The number of aryl methyl sites for hydroxylation is 1. The average Bonchev–Trinajstić information content (AvgIpc) is 2.90. The number of piperidine rings is 1. The van der Waals surface area contributed by atoms with Crippen molar-refractivity contribution < 1.29 is 9.59 Å². The van der Waals surface area contributed by atoms with Gasteiger partial charge in [0.25, 0.3) is 5.91 Å². The molecule has 0 aromatic carbocycles. The Morgan fingerprint density at radius 1 is 0.892 bits per heavy atom. The normalized spacial score (nSPS) is 15.2. The second kappa shape index (κ2) is 18.9. The van der Waals surface area contributed by atoms with E-state index in [-0.39, 0.29) is 17.9 Å². The van der Waals surface area contributed by atoms with E-state index < -0.39 is 0 Å². The lowest BCUT2D eigenvalue weighted by Crippen LogP contribution is -2.46. The number of unbranched alkanes of at least 4 members (excludes halogenated alkanes) is 1. The quantitative estimate of drug-likeness (QED) is 0.221. The van der Waals surface area contributed by atoms with Crippen LogP contribution in [0.4, 0.5) is 0 Å². The summed E-state index contributed by atoms with van der Waals surface area (Å²) in [6, 6.07) is 0.0696. The van der Waals surface area contributed by atoms with Crippen LogP contribution in [0, 0.1) is 6.92 Å². The van der Waals surface area contributed by atoms with E-state index in [1.165, 1.54) is 6.20 Å². The van der Waals surface area contributed by atoms with Crippen LogP contribution >= 0.6 is 0 Å². The Bertz CT molecular complexity index is 954. The molecule has 1 fully saturated rings. The van der Waals surface area contributed by atoms with Gasteiger partial charge in [0.05, 0.1) is 11.9 Å². The van der Waals surface area contributed by atoms with Gasteiger partial charge in [0.2, 0.25) is 5.91 Å². The van der Waals surface area contributed by atoms with E-state index in [2.05, 4.69) is 83.0 Å². The van der Waals surface area contributed by atoms with Gasteiger partial charge in [-0.2, -0.15) is 0 Å². The molecule has 0 saturated carbocycles. The molecule has 1 aliphatic heterocycles. The molecule has 2 amide bonds. The van der Waals surface area contributed by atoms with Crippen LogP contribution in [-0.4, -0.2) is 45.8 Å². The first kappa shape index (κ1) is 29.9. The molecule has 1 N–H and O–H groups in total. The summed E-state index contributed by atoms with van der Waals surface area (Å²) >= 11 is 0. The minimum Gasteiger partial charge on any atom is -0.348 e. The molecule has 1 saturated heterocycles. The minimum atomic E-state index is -0.196. The lowest BCUT2D eigenvalue weighted by atomic mass is 10.0. The summed E-state index contributed by atoms with van der Waals surface area (Å²) in [7, 11) is 0. The van der Waals surface area contributed by atoms with Gasteiger partial charge in [-0.25, -0.2) is 4.98 Å². The highest BCUT2D eigenvalue weighted by Crippen LogP contribution is 2.13. The van der Waals surface area contributed by atoms with E-state index in [0.717, 1.165) is 63.5 Å². The molecule has 0 spiro atoms. The lowest BCUT2D eigenvalue weighted by molar-refractivity contribution is -0.132. The standard InChI is InChI=1S/C31H44N4O2/c1-3-4-5-6-7-8-9-10-11-12-13-14-15-16-17-18-19-20-30(36)35-23-21-28(22-24-35)34-31(37)29-26-32-25-27(2)33-29/h4-5,7-8,10-11,13-14,16-17,25-26,28H,3,6,9,12,15,18-24H2,1-2H3,(H,34,37)/b5-4-,8-7?,11-10?,14-13-,17-16-. The van der Waals surface area contributed by atoms with E-state index in [0.29, 0.717) is 25.2 Å². The number of carbonyl (C=O) groups is 2. The summed E-state index contributed by atoms with van der Waals surface area (Å²) in [5.74, 6) is 0.0136. The SMILES string of the molecule is CC/C=C\CC=CCC=CC/C=C\C/C=C\CCCC(=O)N1CCC(NC(=O)c2cncc(C)n2)CC1. The van der Waals surface area contributed by atoms with Crippen molar-refractivity contribution in [2.45, 2.75) is 84.1 Å².